The molecule has 0 bridgehead atoms. The van der Waals surface area contributed by atoms with Crippen LogP contribution in [0.3, 0.4) is 0 Å². The van der Waals surface area contributed by atoms with E-state index in [1.165, 1.54) is 19.6 Å². The summed E-state index contributed by atoms with van der Waals surface area (Å²) in [7, 11) is 1.38. The molecule has 1 aromatic rings. The van der Waals surface area contributed by atoms with Crippen LogP contribution in [0.1, 0.15) is 67.4 Å². The SMILES string of the molecule is COC(=O)c1ccc2c(c1)CCCC(C1=CC[C@@H](C)CC1)=C2OC(C)=O. The second kappa shape index (κ2) is 7.90. The third-order valence-corrected chi connectivity index (χ3v) is 5.22. The Bertz CT molecular complexity index is 785. The molecule has 0 radical (unpaired) electrons. The lowest BCUT2D eigenvalue weighted by Crippen LogP contribution is -2.08. The van der Waals surface area contributed by atoms with Crippen molar-refractivity contribution in [1.82, 2.24) is 0 Å². The predicted octanol–water partition coefficient (Wildman–Crippen LogP) is 4.83. The Morgan fingerprint density at radius 2 is 1.96 bits per heavy atom. The number of carbonyl (C=O) groups excluding carboxylic acids is 2. The van der Waals surface area contributed by atoms with E-state index in [9.17, 15) is 9.59 Å². The van der Waals surface area contributed by atoms with Crippen molar-refractivity contribution in [2.45, 2.75) is 52.4 Å². The number of carbonyl (C=O) groups is 2. The molecule has 0 saturated heterocycles. The normalized spacial score (nSPS) is 20.0. The quantitative estimate of drug-likeness (QED) is 0.730. The third kappa shape index (κ3) is 3.90. The van der Waals surface area contributed by atoms with Crippen LogP contribution in [0.5, 0.6) is 0 Å². The van der Waals surface area contributed by atoms with Crippen molar-refractivity contribution in [3.05, 3.63) is 52.1 Å². The summed E-state index contributed by atoms with van der Waals surface area (Å²) in [5.41, 5.74) is 4.94. The highest BCUT2D eigenvalue weighted by atomic mass is 16.5. The zero-order valence-corrected chi connectivity index (χ0v) is 15.8. The van der Waals surface area contributed by atoms with Crippen LogP contribution < -0.4 is 0 Å². The average molecular weight is 354 g/mol. The number of hydrogen-bond acceptors (Lipinski definition) is 4. The van der Waals surface area contributed by atoms with Gasteiger partial charge < -0.3 is 9.47 Å². The molecule has 2 aliphatic rings. The van der Waals surface area contributed by atoms with E-state index in [0.29, 0.717) is 17.2 Å². The number of rotatable bonds is 3. The van der Waals surface area contributed by atoms with Gasteiger partial charge in [-0.3, -0.25) is 4.79 Å². The van der Waals surface area contributed by atoms with Gasteiger partial charge in [-0.2, -0.15) is 0 Å². The molecular formula is C22H26O4. The lowest BCUT2D eigenvalue weighted by atomic mass is 9.85. The van der Waals surface area contributed by atoms with Gasteiger partial charge in [-0.1, -0.05) is 19.1 Å². The van der Waals surface area contributed by atoms with E-state index in [1.807, 2.05) is 12.1 Å². The van der Waals surface area contributed by atoms with E-state index in [0.717, 1.165) is 55.2 Å². The van der Waals surface area contributed by atoms with E-state index in [4.69, 9.17) is 9.47 Å². The highest BCUT2D eigenvalue weighted by molar-refractivity contribution is 5.90. The first-order valence-electron chi connectivity index (χ1n) is 9.32. The number of fused-ring (bicyclic) bond motifs is 1. The standard InChI is InChI=1S/C22H26O4/c1-14-7-9-16(10-8-14)19-6-4-5-17-13-18(22(24)25-3)11-12-20(17)21(19)26-15(2)23/h9,11-14H,4-8,10H2,1-3H3/t14-/m1/s1. The fourth-order valence-electron chi connectivity index (χ4n) is 3.80. The van der Waals surface area contributed by atoms with Gasteiger partial charge in [0.05, 0.1) is 12.7 Å². The van der Waals surface area contributed by atoms with Gasteiger partial charge in [0, 0.05) is 12.5 Å². The van der Waals surface area contributed by atoms with Gasteiger partial charge in [0.2, 0.25) is 0 Å². The first kappa shape index (κ1) is 18.4. The Morgan fingerprint density at radius 3 is 2.62 bits per heavy atom. The molecule has 0 aliphatic heterocycles. The van der Waals surface area contributed by atoms with Crippen molar-refractivity contribution >= 4 is 17.7 Å². The summed E-state index contributed by atoms with van der Waals surface area (Å²) in [4.78, 5) is 23.6. The molecule has 0 amide bonds. The molecule has 4 heteroatoms. The third-order valence-electron chi connectivity index (χ3n) is 5.22. The molecule has 1 atom stereocenters. The largest absolute Gasteiger partial charge is 0.465 e. The number of methoxy groups -OCH3 is 1. The molecule has 0 spiro atoms. The summed E-state index contributed by atoms with van der Waals surface area (Å²) in [5, 5.41) is 0. The average Bonchev–Trinajstić information content (AvgIpc) is 2.80. The number of benzene rings is 1. The first-order chi connectivity index (χ1) is 12.5. The second-order valence-electron chi connectivity index (χ2n) is 7.23. The van der Waals surface area contributed by atoms with Gasteiger partial charge in [0.15, 0.2) is 0 Å². The van der Waals surface area contributed by atoms with Crippen molar-refractivity contribution in [3.63, 3.8) is 0 Å². The van der Waals surface area contributed by atoms with Crippen LogP contribution in [0.15, 0.2) is 35.4 Å². The molecule has 0 aromatic heterocycles. The minimum atomic E-state index is -0.348. The number of ether oxygens (including phenoxy) is 2. The minimum absolute atomic E-state index is 0.313. The van der Waals surface area contributed by atoms with Crippen LogP contribution in [0.4, 0.5) is 0 Å². The van der Waals surface area contributed by atoms with Crippen molar-refractivity contribution in [3.8, 4) is 0 Å². The maximum absolute atomic E-state index is 11.9. The molecule has 1 aromatic carbocycles. The minimum Gasteiger partial charge on any atom is -0.465 e. The van der Waals surface area contributed by atoms with Gasteiger partial charge in [0.25, 0.3) is 0 Å². The monoisotopic (exact) mass is 354 g/mol. The Kier molecular flexibility index (Phi) is 5.60. The Labute approximate surface area is 154 Å². The molecule has 0 saturated carbocycles. The van der Waals surface area contributed by atoms with Crippen molar-refractivity contribution in [1.29, 1.82) is 0 Å². The summed E-state index contributed by atoms with van der Waals surface area (Å²) < 4.78 is 10.5. The van der Waals surface area contributed by atoms with E-state index >= 15 is 0 Å². The van der Waals surface area contributed by atoms with E-state index in [1.54, 1.807) is 6.07 Å². The Morgan fingerprint density at radius 1 is 1.15 bits per heavy atom. The van der Waals surface area contributed by atoms with Crippen molar-refractivity contribution < 1.29 is 19.1 Å². The van der Waals surface area contributed by atoms with Crippen LogP contribution in [0.25, 0.3) is 5.76 Å². The van der Waals surface area contributed by atoms with Gasteiger partial charge in [-0.05, 0) is 73.3 Å². The Hall–Kier alpha value is -2.36. The second-order valence-corrected chi connectivity index (χ2v) is 7.23. The summed E-state index contributed by atoms with van der Waals surface area (Å²) >= 11 is 0. The molecular weight excluding hydrogens is 328 g/mol. The number of esters is 2. The van der Waals surface area contributed by atoms with Gasteiger partial charge in [-0.25, -0.2) is 4.79 Å². The highest BCUT2D eigenvalue weighted by Crippen LogP contribution is 2.39. The van der Waals surface area contributed by atoms with Crippen LogP contribution >= 0.6 is 0 Å². The van der Waals surface area contributed by atoms with Gasteiger partial charge in [0.1, 0.15) is 5.76 Å². The number of allylic oxidation sites excluding steroid dienone is 3. The number of hydrogen-bond donors (Lipinski definition) is 0. The molecule has 3 rings (SSSR count). The number of aryl methyl sites for hydroxylation is 1. The van der Waals surface area contributed by atoms with Crippen LogP contribution in [0, 0.1) is 5.92 Å². The van der Waals surface area contributed by atoms with Crippen LogP contribution in [-0.2, 0) is 20.7 Å². The smallest absolute Gasteiger partial charge is 0.337 e. The highest BCUT2D eigenvalue weighted by Gasteiger charge is 2.25. The molecule has 26 heavy (non-hydrogen) atoms. The fourth-order valence-corrected chi connectivity index (χ4v) is 3.80. The van der Waals surface area contributed by atoms with Crippen LogP contribution in [0.2, 0.25) is 0 Å². The van der Waals surface area contributed by atoms with E-state index in [2.05, 4.69) is 13.0 Å². The zero-order valence-electron chi connectivity index (χ0n) is 15.8. The molecule has 0 fully saturated rings. The molecule has 2 aliphatic carbocycles. The van der Waals surface area contributed by atoms with E-state index in [-0.39, 0.29) is 11.9 Å². The predicted molar refractivity (Wildman–Crippen MR) is 101 cm³/mol. The maximum atomic E-state index is 11.9. The fraction of sp³-hybridized carbons (Fsp3) is 0.455. The summed E-state index contributed by atoms with van der Waals surface area (Å²) in [6.45, 7) is 3.71. The lowest BCUT2D eigenvalue weighted by Gasteiger charge is -2.22. The first-order valence-corrected chi connectivity index (χ1v) is 9.32. The topological polar surface area (TPSA) is 52.6 Å². The molecule has 0 heterocycles. The molecule has 138 valence electrons. The zero-order chi connectivity index (χ0) is 18.7. The van der Waals surface area contributed by atoms with Crippen molar-refractivity contribution in [2.75, 3.05) is 7.11 Å². The summed E-state index contributed by atoms with van der Waals surface area (Å²) in [6, 6.07) is 5.50. The molecule has 0 N–H and O–H groups in total. The lowest BCUT2D eigenvalue weighted by molar-refractivity contribution is -0.134. The molecule has 0 unspecified atom stereocenters. The summed E-state index contributed by atoms with van der Waals surface area (Å²) in [6.07, 6.45) is 8.25. The Balaban J connectivity index is 2.09. The van der Waals surface area contributed by atoms with Gasteiger partial charge >= 0.3 is 11.9 Å². The van der Waals surface area contributed by atoms with Crippen LogP contribution in [-0.4, -0.2) is 19.0 Å². The molecule has 4 nitrogen and oxygen atoms in total. The van der Waals surface area contributed by atoms with Gasteiger partial charge in [-0.15, -0.1) is 0 Å². The van der Waals surface area contributed by atoms with Crippen molar-refractivity contribution in [2.24, 2.45) is 5.92 Å². The maximum Gasteiger partial charge on any atom is 0.337 e. The van der Waals surface area contributed by atoms with E-state index < -0.39 is 0 Å². The summed E-state index contributed by atoms with van der Waals surface area (Å²) in [5.74, 6) is 0.714.